The zero-order valence-corrected chi connectivity index (χ0v) is 15.6. The van der Waals surface area contributed by atoms with Gasteiger partial charge in [-0.3, -0.25) is 5.10 Å². The molecular weight excluding hydrogens is 352 g/mol. The topological polar surface area (TPSA) is 79.9 Å². The molecular formula is C22H22N4O2. The van der Waals surface area contributed by atoms with Gasteiger partial charge in [0.15, 0.2) is 0 Å². The summed E-state index contributed by atoms with van der Waals surface area (Å²) in [6, 6.07) is 12.0. The van der Waals surface area contributed by atoms with Gasteiger partial charge in [-0.15, -0.1) is 5.10 Å². The molecule has 0 unspecified atom stereocenters. The fraction of sp³-hybridized carbons (Fsp3) is 0.318. The van der Waals surface area contributed by atoms with E-state index in [4.69, 9.17) is 4.74 Å². The van der Waals surface area contributed by atoms with E-state index >= 15 is 0 Å². The Balaban J connectivity index is 1.33. The molecule has 0 bridgehead atoms. The summed E-state index contributed by atoms with van der Waals surface area (Å²) in [6.07, 6.45) is 6.84. The molecule has 1 heterocycles. The summed E-state index contributed by atoms with van der Waals surface area (Å²) in [5, 5.41) is 10.3. The number of anilines is 2. The maximum atomic E-state index is 12.3. The van der Waals surface area contributed by atoms with Crippen molar-refractivity contribution in [1.29, 1.82) is 0 Å². The first-order valence-corrected chi connectivity index (χ1v) is 9.85. The first-order valence-electron chi connectivity index (χ1n) is 9.85. The predicted molar refractivity (Wildman–Crippen MR) is 106 cm³/mol. The Morgan fingerprint density at radius 3 is 2.46 bits per heavy atom. The van der Waals surface area contributed by atoms with Crippen LogP contribution in [0.5, 0.6) is 0 Å². The van der Waals surface area contributed by atoms with Gasteiger partial charge in [0.25, 0.3) is 0 Å². The second kappa shape index (κ2) is 7.11. The van der Waals surface area contributed by atoms with Gasteiger partial charge in [0.1, 0.15) is 6.61 Å². The van der Waals surface area contributed by atoms with Gasteiger partial charge in [-0.05, 0) is 66.3 Å². The number of aryl methyl sites for hydroxylation is 2. The quantitative estimate of drug-likeness (QED) is 0.663. The average molecular weight is 374 g/mol. The van der Waals surface area contributed by atoms with E-state index in [-0.39, 0.29) is 12.4 Å². The minimum Gasteiger partial charge on any atom is -0.455 e. The number of carbonyl (C=O) groups excluding carboxylic acids is 1. The lowest BCUT2D eigenvalue weighted by molar-refractivity contribution is 0.0459. The van der Waals surface area contributed by atoms with E-state index in [9.17, 15) is 4.79 Å². The van der Waals surface area contributed by atoms with Gasteiger partial charge < -0.3 is 10.1 Å². The lowest BCUT2D eigenvalue weighted by Gasteiger charge is -2.15. The molecule has 0 atom stereocenters. The van der Waals surface area contributed by atoms with Gasteiger partial charge in [-0.2, -0.15) is 4.98 Å². The maximum absolute atomic E-state index is 12.3. The summed E-state index contributed by atoms with van der Waals surface area (Å²) in [5.41, 5.74) is 7.76. The molecule has 2 aromatic carbocycles. The average Bonchev–Trinajstić information content (AvgIpc) is 3.47. The van der Waals surface area contributed by atoms with Crippen molar-refractivity contribution in [3.05, 3.63) is 70.0 Å². The largest absolute Gasteiger partial charge is 0.455 e. The van der Waals surface area contributed by atoms with Crippen LogP contribution in [-0.4, -0.2) is 21.2 Å². The summed E-state index contributed by atoms with van der Waals surface area (Å²) in [4.78, 5) is 16.6. The van der Waals surface area contributed by atoms with Crippen LogP contribution < -0.4 is 5.32 Å². The molecule has 3 aromatic rings. The zero-order valence-electron chi connectivity index (χ0n) is 15.6. The van der Waals surface area contributed by atoms with Gasteiger partial charge >= 0.3 is 5.97 Å². The molecule has 1 aromatic heterocycles. The van der Waals surface area contributed by atoms with Crippen molar-refractivity contribution >= 4 is 17.6 Å². The molecule has 0 amide bonds. The van der Waals surface area contributed by atoms with E-state index in [1.54, 1.807) is 0 Å². The number of fused-ring (bicyclic) bond motifs is 2. The monoisotopic (exact) mass is 374 g/mol. The third-order valence-corrected chi connectivity index (χ3v) is 5.60. The highest BCUT2D eigenvalue weighted by Gasteiger charge is 2.25. The fourth-order valence-corrected chi connectivity index (χ4v) is 4.28. The number of esters is 1. The van der Waals surface area contributed by atoms with Crippen molar-refractivity contribution in [3.8, 4) is 0 Å². The Morgan fingerprint density at radius 1 is 1.04 bits per heavy atom. The number of rotatable bonds is 5. The second-order valence-corrected chi connectivity index (χ2v) is 7.43. The van der Waals surface area contributed by atoms with Crippen LogP contribution in [0.4, 0.5) is 11.6 Å². The fourth-order valence-electron chi connectivity index (χ4n) is 4.28. The summed E-state index contributed by atoms with van der Waals surface area (Å²) < 4.78 is 5.33. The summed E-state index contributed by atoms with van der Waals surface area (Å²) in [7, 11) is 0. The predicted octanol–water partition coefficient (Wildman–Crippen LogP) is 3.88. The molecule has 2 aliphatic rings. The van der Waals surface area contributed by atoms with E-state index in [1.165, 1.54) is 35.1 Å². The van der Waals surface area contributed by atoms with Gasteiger partial charge in [-0.25, -0.2) is 4.79 Å². The molecule has 28 heavy (non-hydrogen) atoms. The maximum Gasteiger partial charge on any atom is 0.376 e. The van der Waals surface area contributed by atoms with Crippen LogP contribution >= 0.6 is 0 Å². The van der Waals surface area contributed by atoms with Crippen LogP contribution in [0.2, 0.25) is 0 Å². The minimum absolute atomic E-state index is 0.114. The second-order valence-electron chi connectivity index (χ2n) is 7.43. The van der Waals surface area contributed by atoms with Crippen molar-refractivity contribution in [2.24, 2.45) is 0 Å². The van der Waals surface area contributed by atoms with Crippen LogP contribution in [0, 0.1) is 0 Å². The van der Waals surface area contributed by atoms with Crippen molar-refractivity contribution in [2.45, 2.75) is 45.1 Å². The molecule has 0 radical (unpaired) electrons. The molecule has 0 spiro atoms. The molecule has 6 nitrogen and oxygen atoms in total. The summed E-state index contributed by atoms with van der Waals surface area (Å²) in [5.74, 6) is 0.0247. The number of aromatic amines is 1. The van der Waals surface area contributed by atoms with Gasteiger partial charge in [0.2, 0.25) is 11.8 Å². The third kappa shape index (κ3) is 3.15. The van der Waals surface area contributed by atoms with Gasteiger partial charge in [-0.1, -0.05) is 36.4 Å². The van der Waals surface area contributed by atoms with Crippen molar-refractivity contribution in [2.75, 3.05) is 5.32 Å². The van der Waals surface area contributed by atoms with Crippen molar-refractivity contribution in [1.82, 2.24) is 15.2 Å². The number of carbonyl (C=O) groups is 1. The highest BCUT2D eigenvalue weighted by atomic mass is 16.5. The molecule has 2 aliphatic carbocycles. The Morgan fingerprint density at radius 2 is 1.75 bits per heavy atom. The number of aromatic nitrogens is 3. The molecule has 6 heteroatoms. The van der Waals surface area contributed by atoms with Crippen LogP contribution in [0.3, 0.4) is 0 Å². The van der Waals surface area contributed by atoms with Crippen LogP contribution in [0.15, 0.2) is 36.4 Å². The van der Waals surface area contributed by atoms with Crippen molar-refractivity contribution < 1.29 is 9.53 Å². The molecule has 2 N–H and O–H groups in total. The first kappa shape index (κ1) is 17.0. The minimum atomic E-state index is -0.507. The number of nitrogens with one attached hydrogen (secondary N) is 2. The third-order valence-electron chi connectivity index (χ3n) is 5.60. The summed E-state index contributed by atoms with van der Waals surface area (Å²) >= 11 is 0. The Bertz CT molecular complexity index is 994. The Labute approximate surface area is 163 Å². The number of nitrogens with zero attached hydrogens (tertiary/aromatic N) is 2. The molecule has 142 valence electrons. The van der Waals surface area contributed by atoms with Crippen LogP contribution in [0.1, 0.15) is 51.3 Å². The van der Waals surface area contributed by atoms with E-state index in [0.717, 1.165) is 36.9 Å². The lowest BCUT2D eigenvalue weighted by atomic mass is 9.99. The zero-order chi connectivity index (χ0) is 18.9. The Hall–Kier alpha value is -3.15. The number of hydrogen-bond acceptors (Lipinski definition) is 5. The highest BCUT2D eigenvalue weighted by molar-refractivity contribution is 5.85. The van der Waals surface area contributed by atoms with E-state index in [1.807, 2.05) is 30.3 Å². The molecule has 0 fully saturated rings. The SMILES string of the molecule is O=C(OCc1ccccc1)c1nc(Nc2c3c(cc4c2CCC4)CCC3)n[nH]1. The van der Waals surface area contributed by atoms with Crippen molar-refractivity contribution in [3.63, 3.8) is 0 Å². The molecule has 0 saturated carbocycles. The first-order chi connectivity index (χ1) is 13.8. The normalized spacial score (nSPS) is 14.6. The highest BCUT2D eigenvalue weighted by Crippen LogP contribution is 2.39. The van der Waals surface area contributed by atoms with E-state index in [2.05, 4.69) is 26.6 Å². The molecule has 0 aliphatic heterocycles. The number of hydrogen-bond donors (Lipinski definition) is 2. The van der Waals surface area contributed by atoms with Crippen LogP contribution in [-0.2, 0) is 37.0 Å². The van der Waals surface area contributed by atoms with Crippen LogP contribution in [0.25, 0.3) is 0 Å². The lowest BCUT2D eigenvalue weighted by Crippen LogP contribution is -2.07. The molecule has 0 saturated heterocycles. The summed E-state index contributed by atoms with van der Waals surface area (Å²) in [6.45, 7) is 0.211. The van der Waals surface area contributed by atoms with E-state index in [0.29, 0.717) is 5.95 Å². The standard InChI is InChI=1S/C22H22N4O2/c27-21(28-13-14-6-2-1-3-7-14)20-24-22(26-25-20)23-19-17-10-4-8-15(17)12-16-9-5-11-18(16)19/h1-3,6-7,12H,4-5,8-11,13H2,(H2,23,24,25,26). The Kier molecular flexibility index (Phi) is 4.31. The van der Waals surface area contributed by atoms with Gasteiger partial charge in [0.05, 0.1) is 0 Å². The molecule has 5 rings (SSSR count). The number of H-pyrrole nitrogens is 1. The van der Waals surface area contributed by atoms with E-state index < -0.39 is 5.97 Å². The smallest absolute Gasteiger partial charge is 0.376 e. The number of ether oxygens (including phenoxy) is 1. The number of benzene rings is 2. The van der Waals surface area contributed by atoms with Gasteiger partial charge in [0, 0.05) is 5.69 Å².